The Hall–Kier alpha value is -3.84. The van der Waals surface area contributed by atoms with Crippen molar-refractivity contribution < 1.29 is 23.8 Å². The minimum Gasteiger partial charge on any atom is -0.491 e. The summed E-state index contributed by atoms with van der Waals surface area (Å²) in [6.45, 7) is 3.34. The molecule has 0 atom stereocenters. The summed E-state index contributed by atoms with van der Waals surface area (Å²) in [4.78, 5) is 25.1. The molecule has 0 aromatic heterocycles. The first-order valence-corrected chi connectivity index (χ1v) is 11.7. The van der Waals surface area contributed by atoms with Gasteiger partial charge in [0.25, 0.3) is 0 Å². The molecule has 0 radical (unpaired) electrons. The molecular formula is C28H30N2O5. The molecule has 35 heavy (non-hydrogen) atoms. The molecule has 7 nitrogen and oxygen atoms in total. The second kappa shape index (κ2) is 11.5. The highest BCUT2D eigenvalue weighted by Gasteiger charge is 2.29. The SMILES string of the molecule is CC(=O)Nc1ccc(OCCOCCN(C)C(=O)OCC2c3ccccc3-c3ccccc32)cc1. The van der Waals surface area contributed by atoms with Crippen molar-refractivity contribution in [3.05, 3.63) is 83.9 Å². The summed E-state index contributed by atoms with van der Waals surface area (Å²) in [5.74, 6) is 0.619. The van der Waals surface area contributed by atoms with Crippen molar-refractivity contribution >= 4 is 17.7 Å². The van der Waals surface area contributed by atoms with Gasteiger partial charge in [-0.2, -0.15) is 0 Å². The van der Waals surface area contributed by atoms with E-state index in [1.54, 1.807) is 31.3 Å². The van der Waals surface area contributed by atoms with Crippen molar-refractivity contribution in [1.82, 2.24) is 4.90 Å². The minimum absolute atomic E-state index is 0.0421. The van der Waals surface area contributed by atoms with Gasteiger partial charge in [0.1, 0.15) is 19.0 Å². The quantitative estimate of drug-likeness (QED) is 0.422. The van der Waals surface area contributed by atoms with Crippen LogP contribution in [0.2, 0.25) is 0 Å². The molecular weight excluding hydrogens is 444 g/mol. The van der Waals surface area contributed by atoms with E-state index in [-0.39, 0.29) is 17.9 Å². The van der Waals surface area contributed by atoms with E-state index in [9.17, 15) is 9.59 Å². The summed E-state index contributed by atoms with van der Waals surface area (Å²) in [6.07, 6.45) is -0.369. The van der Waals surface area contributed by atoms with Crippen LogP contribution in [0, 0.1) is 0 Å². The topological polar surface area (TPSA) is 77.1 Å². The zero-order valence-electron chi connectivity index (χ0n) is 20.0. The number of benzene rings is 3. The van der Waals surface area contributed by atoms with Crippen LogP contribution in [0.5, 0.6) is 5.75 Å². The van der Waals surface area contributed by atoms with Crippen molar-refractivity contribution in [3.63, 3.8) is 0 Å². The van der Waals surface area contributed by atoms with Crippen molar-refractivity contribution in [1.29, 1.82) is 0 Å². The first kappa shape index (κ1) is 24.3. The fourth-order valence-corrected chi connectivity index (χ4v) is 4.16. The van der Waals surface area contributed by atoms with E-state index < -0.39 is 0 Å². The summed E-state index contributed by atoms with van der Waals surface area (Å²) in [5, 5.41) is 2.71. The van der Waals surface area contributed by atoms with Gasteiger partial charge in [0.05, 0.1) is 13.2 Å². The molecule has 3 aromatic carbocycles. The van der Waals surface area contributed by atoms with Gasteiger partial charge < -0.3 is 24.4 Å². The average Bonchev–Trinajstić information content (AvgIpc) is 3.19. The van der Waals surface area contributed by atoms with Crippen molar-refractivity contribution in [2.45, 2.75) is 12.8 Å². The zero-order chi connectivity index (χ0) is 24.6. The van der Waals surface area contributed by atoms with Gasteiger partial charge in [-0.05, 0) is 46.5 Å². The number of hydrogen-bond acceptors (Lipinski definition) is 5. The summed E-state index contributed by atoms with van der Waals surface area (Å²) >= 11 is 0. The van der Waals surface area contributed by atoms with Crippen LogP contribution in [0.1, 0.15) is 24.0 Å². The van der Waals surface area contributed by atoms with E-state index in [4.69, 9.17) is 14.2 Å². The molecule has 182 valence electrons. The monoisotopic (exact) mass is 474 g/mol. The van der Waals surface area contributed by atoms with E-state index in [2.05, 4.69) is 29.6 Å². The molecule has 1 aliphatic rings. The molecule has 0 saturated carbocycles. The van der Waals surface area contributed by atoms with Crippen LogP contribution in [-0.4, -0.2) is 56.9 Å². The lowest BCUT2D eigenvalue weighted by atomic mass is 9.98. The number of carbonyl (C=O) groups is 2. The van der Waals surface area contributed by atoms with Crippen molar-refractivity contribution in [3.8, 4) is 16.9 Å². The Labute approximate surface area is 205 Å². The third kappa shape index (κ3) is 6.19. The third-order valence-electron chi connectivity index (χ3n) is 5.89. The van der Waals surface area contributed by atoms with Gasteiger partial charge >= 0.3 is 6.09 Å². The highest BCUT2D eigenvalue weighted by Crippen LogP contribution is 2.44. The first-order chi connectivity index (χ1) is 17.0. The summed E-state index contributed by atoms with van der Waals surface area (Å²) < 4.78 is 16.9. The number of anilines is 1. The number of rotatable bonds is 10. The molecule has 0 unspecified atom stereocenters. The normalized spacial score (nSPS) is 11.9. The van der Waals surface area contributed by atoms with Gasteiger partial charge in [0.2, 0.25) is 5.91 Å². The standard InChI is InChI=1S/C28H30N2O5/c1-20(31)29-21-11-13-22(14-12-21)34-18-17-33-16-15-30(2)28(32)35-19-27-25-9-5-3-7-23(25)24-8-4-6-10-26(24)27/h3-14,27H,15-19H2,1-2H3,(H,29,31). The number of nitrogens with one attached hydrogen (secondary N) is 1. The predicted molar refractivity (Wildman–Crippen MR) is 135 cm³/mol. The maximum Gasteiger partial charge on any atom is 0.409 e. The second-order valence-corrected chi connectivity index (χ2v) is 8.39. The number of fused-ring (bicyclic) bond motifs is 3. The largest absolute Gasteiger partial charge is 0.491 e. The number of nitrogens with zero attached hydrogens (tertiary/aromatic N) is 1. The Morgan fingerprint density at radius 1 is 0.857 bits per heavy atom. The van der Waals surface area contributed by atoms with E-state index >= 15 is 0 Å². The Morgan fingerprint density at radius 2 is 1.49 bits per heavy atom. The number of carbonyl (C=O) groups excluding carboxylic acids is 2. The molecule has 0 spiro atoms. The molecule has 0 fully saturated rings. The van der Waals surface area contributed by atoms with Gasteiger partial charge in [-0.1, -0.05) is 48.5 Å². The Kier molecular flexibility index (Phi) is 8.00. The lowest BCUT2D eigenvalue weighted by Gasteiger charge is -2.19. The summed E-state index contributed by atoms with van der Waals surface area (Å²) in [5.41, 5.74) is 5.51. The Bertz CT molecular complexity index is 1120. The highest BCUT2D eigenvalue weighted by atomic mass is 16.6. The predicted octanol–water partition coefficient (Wildman–Crippen LogP) is 4.92. The van der Waals surface area contributed by atoms with Crippen molar-refractivity contribution in [2.75, 3.05) is 45.3 Å². The van der Waals surface area contributed by atoms with E-state index in [1.807, 2.05) is 24.3 Å². The molecule has 0 heterocycles. The molecule has 7 heteroatoms. The first-order valence-electron chi connectivity index (χ1n) is 11.7. The second-order valence-electron chi connectivity index (χ2n) is 8.39. The van der Waals surface area contributed by atoms with Gasteiger partial charge in [-0.3, -0.25) is 4.79 Å². The molecule has 0 saturated heterocycles. The average molecular weight is 475 g/mol. The number of amides is 2. The molecule has 1 aliphatic carbocycles. The lowest BCUT2D eigenvalue weighted by molar-refractivity contribution is -0.114. The van der Waals surface area contributed by atoms with Crippen LogP contribution in [-0.2, 0) is 14.3 Å². The number of likely N-dealkylation sites (N-methyl/N-ethyl adjacent to an activating group) is 1. The van der Waals surface area contributed by atoms with Crippen molar-refractivity contribution in [2.24, 2.45) is 0 Å². The smallest absolute Gasteiger partial charge is 0.409 e. The van der Waals surface area contributed by atoms with Crippen LogP contribution in [0.15, 0.2) is 72.8 Å². The van der Waals surface area contributed by atoms with E-state index in [0.717, 1.165) is 5.69 Å². The molecule has 1 N–H and O–H groups in total. The van der Waals surface area contributed by atoms with Gasteiger partial charge in [-0.15, -0.1) is 0 Å². The maximum absolute atomic E-state index is 12.5. The van der Waals surface area contributed by atoms with E-state index in [1.165, 1.54) is 34.1 Å². The number of hydrogen-bond donors (Lipinski definition) is 1. The summed E-state index contributed by atoms with van der Waals surface area (Å²) in [6, 6.07) is 23.7. The number of ether oxygens (including phenoxy) is 3. The van der Waals surface area contributed by atoms with Gasteiger partial charge in [0, 0.05) is 32.1 Å². The molecule has 0 bridgehead atoms. The lowest BCUT2D eigenvalue weighted by Crippen LogP contribution is -2.32. The fourth-order valence-electron chi connectivity index (χ4n) is 4.16. The Morgan fingerprint density at radius 3 is 2.11 bits per heavy atom. The zero-order valence-corrected chi connectivity index (χ0v) is 20.0. The Balaban J connectivity index is 1.15. The molecule has 0 aliphatic heterocycles. The third-order valence-corrected chi connectivity index (χ3v) is 5.89. The molecule has 4 rings (SSSR count). The van der Waals surface area contributed by atoms with E-state index in [0.29, 0.717) is 38.7 Å². The summed E-state index contributed by atoms with van der Waals surface area (Å²) in [7, 11) is 1.70. The highest BCUT2D eigenvalue weighted by molar-refractivity contribution is 5.88. The van der Waals surface area contributed by atoms with Crippen LogP contribution in [0.3, 0.4) is 0 Å². The fraction of sp³-hybridized carbons (Fsp3) is 0.286. The van der Waals surface area contributed by atoms with Crippen LogP contribution >= 0.6 is 0 Å². The van der Waals surface area contributed by atoms with Crippen LogP contribution < -0.4 is 10.1 Å². The van der Waals surface area contributed by atoms with Gasteiger partial charge in [0.15, 0.2) is 0 Å². The van der Waals surface area contributed by atoms with Crippen LogP contribution in [0.4, 0.5) is 10.5 Å². The molecule has 3 aromatic rings. The minimum atomic E-state index is -0.369. The maximum atomic E-state index is 12.5. The van der Waals surface area contributed by atoms with Crippen LogP contribution in [0.25, 0.3) is 11.1 Å². The van der Waals surface area contributed by atoms with Gasteiger partial charge in [-0.25, -0.2) is 4.79 Å². The molecule has 2 amide bonds.